The van der Waals surface area contributed by atoms with Crippen LogP contribution in [0.1, 0.15) is 36.9 Å². The van der Waals surface area contributed by atoms with Crippen molar-refractivity contribution in [1.29, 1.82) is 0 Å². The van der Waals surface area contributed by atoms with E-state index in [4.69, 9.17) is 4.74 Å². The van der Waals surface area contributed by atoms with E-state index >= 15 is 0 Å². The molecule has 0 bridgehead atoms. The highest BCUT2D eigenvalue weighted by molar-refractivity contribution is 5.41. The van der Waals surface area contributed by atoms with E-state index in [2.05, 4.69) is 9.88 Å². The van der Waals surface area contributed by atoms with Gasteiger partial charge in [-0.05, 0) is 50.3 Å². The molecule has 1 N–H and O–H groups in total. The van der Waals surface area contributed by atoms with Crippen molar-refractivity contribution in [3.05, 3.63) is 46.0 Å². The van der Waals surface area contributed by atoms with Gasteiger partial charge >= 0.3 is 0 Å². The Morgan fingerprint density at radius 1 is 1.36 bits per heavy atom. The van der Waals surface area contributed by atoms with Crippen LogP contribution in [-0.4, -0.2) is 50.8 Å². The largest absolute Gasteiger partial charge is 0.390 e. The first-order valence-electron chi connectivity index (χ1n) is 9.09. The Kier molecular flexibility index (Phi) is 4.35. The van der Waals surface area contributed by atoms with Gasteiger partial charge in [-0.2, -0.15) is 0 Å². The predicted molar refractivity (Wildman–Crippen MR) is 94.6 cm³/mol. The van der Waals surface area contributed by atoms with Gasteiger partial charge in [-0.25, -0.2) is 4.98 Å². The molecule has 0 amide bonds. The van der Waals surface area contributed by atoms with Crippen LogP contribution >= 0.6 is 0 Å². The number of hydrogen-bond donors (Lipinski definition) is 1. The molecule has 2 aliphatic rings. The van der Waals surface area contributed by atoms with Crippen molar-refractivity contribution >= 4 is 5.65 Å². The molecule has 6 heteroatoms. The first kappa shape index (κ1) is 16.7. The molecule has 4 rings (SSSR count). The number of nitrogens with zero attached hydrogens (tertiary/aromatic N) is 3. The highest BCUT2D eigenvalue weighted by atomic mass is 16.5. The number of likely N-dealkylation sites (tertiary alicyclic amines) is 1. The molecule has 2 aromatic rings. The molecule has 1 atom stereocenters. The van der Waals surface area contributed by atoms with Crippen LogP contribution in [-0.2, 0) is 11.3 Å². The lowest BCUT2D eigenvalue weighted by Gasteiger charge is -2.46. The van der Waals surface area contributed by atoms with Gasteiger partial charge in [0.25, 0.3) is 5.56 Å². The molecule has 2 aliphatic heterocycles. The van der Waals surface area contributed by atoms with Gasteiger partial charge in [0.05, 0.1) is 17.4 Å². The minimum atomic E-state index is -0.359. The number of aromatic nitrogens is 2. The van der Waals surface area contributed by atoms with E-state index in [1.807, 2.05) is 19.1 Å². The zero-order chi connectivity index (χ0) is 17.4. The topological polar surface area (TPSA) is 67.1 Å². The van der Waals surface area contributed by atoms with E-state index < -0.39 is 0 Å². The van der Waals surface area contributed by atoms with Gasteiger partial charge in [0.2, 0.25) is 0 Å². The number of hydrogen-bond acceptors (Lipinski definition) is 5. The second-order valence-corrected chi connectivity index (χ2v) is 7.37. The molecule has 6 nitrogen and oxygen atoms in total. The van der Waals surface area contributed by atoms with E-state index in [-0.39, 0.29) is 17.3 Å². The zero-order valence-corrected chi connectivity index (χ0v) is 14.6. The highest BCUT2D eigenvalue weighted by Crippen LogP contribution is 2.35. The maximum atomic E-state index is 12.3. The lowest BCUT2D eigenvalue weighted by Crippen LogP contribution is -2.55. The lowest BCUT2D eigenvalue weighted by atomic mass is 9.82. The Balaban J connectivity index is 1.48. The Hall–Kier alpha value is -1.76. The van der Waals surface area contributed by atoms with Crippen molar-refractivity contribution < 1.29 is 9.84 Å². The molecule has 0 radical (unpaired) electrons. The van der Waals surface area contributed by atoms with Gasteiger partial charge < -0.3 is 9.84 Å². The fourth-order valence-electron chi connectivity index (χ4n) is 4.04. The molecule has 0 saturated carbocycles. The van der Waals surface area contributed by atoms with Crippen molar-refractivity contribution in [2.45, 2.75) is 50.9 Å². The number of pyridine rings is 1. The predicted octanol–water partition coefficient (Wildman–Crippen LogP) is 1.51. The zero-order valence-electron chi connectivity index (χ0n) is 14.6. The number of fused-ring (bicyclic) bond motifs is 1. The molecule has 4 heterocycles. The van der Waals surface area contributed by atoms with Gasteiger partial charge in [-0.15, -0.1) is 0 Å². The maximum absolute atomic E-state index is 12.3. The van der Waals surface area contributed by atoms with Crippen LogP contribution in [0.5, 0.6) is 0 Å². The molecular formula is C19H25N3O3. The molecule has 1 spiro atoms. The van der Waals surface area contributed by atoms with E-state index in [0.717, 1.165) is 56.6 Å². The van der Waals surface area contributed by atoms with Crippen molar-refractivity contribution in [3.8, 4) is 0 Å². The summed E-state index contributed by atoms with van der Waals surface area (Å²) in [5.41, 5.74) is 2.19. The third kappa shape index (κ3) is 3.21. The van der Waals surface area contributed by atoms with Gasteiger partial charge in [-0.1, -0.05) is 0 Å². The van der Waals surface area contributed by atoms with E-state index in [1.54, 1.807) is 16.7 Å². The number of rotatable bonds is 2. The summed E-state index contributed by atoms with van der Waals surface area (Å²) < 4.78 is 7.54. The molecular weight excluding hydrogens is 318 g/mol. The first-order valence-corrected chi connectivity index (χ1v) is 9.09. The number of aliphatic hydroxyl groups is 1. The summed E-state index contributed by atoms with van der Waals surface area (Å²) in [6.07, 6.45) is 4.87. The number of aliphatic hydroxyl groups excluding tert-OH is 1. The number of ether oxygens (including phenoxy) is 1. The average Bonchev–Trinajstić information content (AvgIpc) is 2.59. The van der Waals surface area contributed by atoms with Gasteiger partial charge in [0.1, 0.15) is 5.65 Å². The van der Waals surface area contributed by atoms with Crippen molar-refractivity contribution in [2.24, 2.45) is 0 Å². The average molecular weight is 343 g/mol. The molecule has 0 unspecified atom stereocenters. The summed E-state index contributed by atoms with van der Waals surface area (Å²) in [4.78, 5) is 19.2. The molecule has 2 fully saturated rings. The van der Waals surface area contributed by atoms with Gasteiger partial charge in [0, 0.05) is 38.5 Å². The molecule has 2 aromatic heterocycles. The normalized spacial score (nSPS) is 24.0. The van der Waals surface area contributed by atoms with Crippen LogP contribution in [0.15, 0.2) is 29.2 Å². The fraction of sp³-hybridized carbons (Fsp3) is 0.579. The minimum Gasteiger partial charge on any atom is -0.390 e. The second kappa shape index (κ2) is 6.52. The quantitative estimate of drug-likeness (QED) is 0.895. The van der Waals surface area contributed by atoms with Crippen molar-refractivity contribution in [2.75, 3.05) is 19.7 Å². The molecule has 0 aromatic carbocycles. The summed E-state index contributed by atoms with van der Waals surface area (Å²) in [5, 5.41) is 10.3. The van der Waals surface area contributed by atoms with Crippen molar-refractivity contribution in [1.82, 2.24) is 14.3 Å². The Labute approximate surface area is 147 Å². The van der Waals surface area contributed by atoms with Crippen LogP contribution in [0.3, 0.4) is 0 Å². The summed E-state index contributed by atoms with van der Waals surface area (Å²) >= 11 is 0. The third-order valence-electron chi connectivity index (χ3n) is 5.58. The Morgan fingerprint density at radius 2 is 2.16 bits per heavy atom. The summed E-state index contributed by atoms with van der Waals surface area (Å²) in [6, 6.07) is 5.47. The third-order valence-corrected chi connectivity index (χ3v) is 5.58. The van der Waals surface area contributed by atoms with Crippen LogP contribution in [0.4, 0.5) is 0 Å². The SMILES string of the molecule is Cc1ccn2c(=O)cc(CN3CCC4(CC3)OCCC[C@H]4O)nc2c1. The highest BCUT2D eigenvalue weighted by Gasteiger charge is 2.43. The number of piperidine rings is 1. The monoisotopic (exact) mass is 343 g/mol. The van der Waals surface area contributed by atoms with Crippen LogP contribution in [0.2, 0.25) is 0 Å². The molecule has 0 aliphatic carbocycles. The molecule has 25 heavy (non-hydrogen) atoms. The van der Waals surface area contributed by atoms with E-state index in [1.165, 1.54) is 0 Å². The van der Waals surface area contributed by atoms with Gasteiger partial charge in [-0.3, -0.25) is 14.1 Å². The first-order chi connectivity index (χ1) is 12.1. The van der Waals surface area contributed by atoms with E-state index in [9.17, 15) is 9.90 Å². The molecule has 2 saturated heterocycles. The minimum absolute atomic E-state index is 0.0421. The second-order valence-electron chi connectivity index (χ2n) is 7.37. The van der Waals surface area contributed by atoms with Gasteiger partial charge in [0.15, 0.2) is 0 Å². The standard InChI is InChI=1S/C19H25N3O3/c1-14-4-7-22-17(11-14)20-15(12-18(22)24)13-21-8-5-19(6-9-21)16(23)3-2-10-25-19/h4,7,11-12,16,23H,2-3,5-6,8-10,13H2,1H3/t16-/m1/s1. The summed E-state index contributed by atoms with van der Waals surface area (Å²) in [6.45, 7) is 5.11. The van der Waals surface area contributed by atoms with E-state index in [0.29, 0.717) is 12.2 Å². The summed E-state index contributed by atoms with van der Waals surface area (Å²) in [5.74, 6) is 0. The van der Waals surface area contributed by atoms with Crippen molar-refractivity contribution in [3.63, 3.8) is 0 Å². The van der Waals surface area contributed by atoms with Crippen LogP contribution in [0.25, 0.3) is 5.65 Å². The Morgan fingerprint density at radius 3 is 2.92 bits per heavy atom. The smallest absolute Gasteiger partial charge is 0.258 e. The summed E-state index contributed by atoms with van der Waals surface area (Å²) in [7, 11) is 0. The van der Waals surface area contributed by atoms with Crippen LogP contribution in [0, 0.1) is 6.92 Å². The maximum Gasteiger partial charge on any atom is 0.258 e. The lowest BCUT2D eigenvalue weighted by molar-refractivity contribution is -0.177. The number of aryl methyl sites for hydroxylation is 1. The fourth-order valence-corrected chi connectivity index (χ4v) is 4.04. The molecule has 134 valence electrons. The van der Waals surface area contributed by atoms with Crippen LogP contribution < -0.4 is 5.56 Å². The Bertz CT molecular complexity index is 824.